The van der Waals surface area contributed by atoms with Gasteiger partial charge in [-0.15, -0.1) is 11.8 Å². The van der Waals surface area contributed by atoms with Crippen molar-refractivity contribution in [2.75, 3.05) is 6.26 Å². The molecule has 0 atom stereocenters. The van der Waals surface area contributed by atoms with Gasteiger partial charge in [-0.2, -0.15) is 0 Å². The molecule has 0 bridgehead atoms. The van der Waals surface area contributed by atoms with Crippen molar-refractivity contribution in [3.63, 3.8) is 0 Å². The molecule has 0 unspecified atom stereocenters. The Kier molecular flexibility index (Phi) is 7.38. The Morgan fingerprint density at radius 3 is 2.30 bits per heavy atom. The Balaban J connectivity index is 1.54. The van der Waals surface area contributed by atoms with Crippen LogP contribution in [0.25, 0.3) is 33.8 Å². The summed E-state index contributed by atoms with van der Waals surface area (Å²) in [6, 6.07) is 29.0. The summed E-state index contributed by atoms with van der Waals surface area (Å²) < 4.78 is 2.05. The second-order valence-electron chi connectivity index (χ2n) is 8.51. The lowest BCUT2D eigenvalue weighted by Crippen LogP contribution is -2.02. The number of carboxylic acid groups (broad SMARTS) is 1. The minimum atomic E-state index is -0.947. The van der Waals surface area contributed by atoms with Gasteiger partial charge < -0.3 is 9.67 Å². The molecule has 1 N–H and O–H groups in total. The number of carboxylic acids is 1. The van der Waals surface area contributed by atoms with E-state index in [4.69, 9.17) is 28.2 Å². The number of carbonyl (C=O) groups is 1. The van der Waals surface area contributed by atoms with Crippen molar-refractivity contribution in [2.45, 2.75) is 11.4 Å². The Morgan fingerprint density at radius 2 is 1.62 bits per heavy atom. The third-order valence-corrected chi connectivity index (χ3v) is 7.36. The molecule has 0 amide bonds. The maximum Gasteiger partial charge on any atom is 0.335 e. The van der Waals surface area contributed by atoms with E-state index in [0.29, 0.717) is 16.6 Å². The smallest absolute Gasteiger partial charge is 0.335 e. The van der Waals surface area contributed by atoms with Crippen LogP contribution in [0.3, 0.4) is 0 Å². The van der Waals surface area contributed by atoms with E-state index in [1.807, 2.05) is 24.4 Å². The van der Waals surface area contributed by atoms with Gasteiger partial charge in [0, 0.05) is 33.8 Å². The topological polar surface area (TPSA) is 55.1 Å². The number of hydrogen-bond acceptors (Lipinski definition) is 3. The second kappa shape index (κ2) is 10.9. The van der Waals surface area contributed by atoms with Gasteiger partial charge in [0.25, 0.3) is 0 Å². The Morgan fingerprint density at radius 1 is 0.892 bits per heavy atom. The number of hydrogen-bond donors (Lipinski definition) is 1. The molecule has 37 heavy (non-hydrogen) atoms. The highest BCUT2D eigenvalue weighted by Gasteiger charge is 2.15. The zero-order chi connectivity index (χ0) is 25.9. The minimum absolute atomic E-state index is 0.254. The average molecular weight is 545 g/mol. The van der Waals surface area contributed by atoms with Crippen molar-refractivity contribution in [2.24, 2.45) is 0 Å². The predicted octanol–water partition coefficient (Wildman–Crippen LogP) is 8.66. The average Bonchev–Trinajstić information content (AvgIpc) is 3.32. The molecule has 1 aromatic heterocycles. The molecule has 0 fully saturated rings. The summed E-state index contributed by atoms with van der Waals surface area (Å²) >= 11 is 14.3. The van der Waals surface area contributed by atoms with E-state index in [9.17, 15) is 9.90 Å². The maximum absolute atomic E-state index is 11.3. The van der Waals surface area contributed by atoms with Gasteiger partial charge in [-0.25, -0.2) is 9.78 Å². The zero-order valence-electron chi connectivity index (χ0n) is 19.9. The fourth-order valence-electron chi connectivity index (χ4n) is 4.16. The molecular weight excluding hydrogens is 523 g/mol. The van der Waals surface area contributed by atoms with Gasteiger partial charge in [-0.05, 0) is 65.4 Å². The molecule has 184 valence electrons. The van der Waals surface area contributed by atoms with Crippen LogP contribution in [-0.2, 0) is 6.54 Å². The van der Waals surface area contributed by atoms with Crippen LogP contribution >= 0.6 is 35.0 Å². The molecule has 0 spiro atoms. The normalized spacial score (nSPS) is 11.0. The van der Waals surface area contributed by atoms with Gasteiger partial charge >= 0.3 is 5.97 Å². The number of rotatable bonds is 7. The fraction of sp³-hybridized carbons (Fsp3) is 0.0667. The molecule has 5 aromatic rings. The lowest BCUT2D eigenvalue weighted by Gasteiger charge is -2.10. The van der Waals surface area contributed by atoms with Crippen molar-refractivity contribution < 1.29 is 9.90 Å². The van der Waals surface area contributed by atoms with Gasteiger partial charge in [0.2, 0.25) is 0 Å². The number of benzene rings is 4. The quantitative estimate of drug-likeness (QED) is 0.208. The first-order valence-corrected chi connectivity index (χ1v) is 13.5. The summed E-state index contributed by atoms with van der Waals surface area (Å²) in [7, 11) is 0. The van der Waals surface area contributed by atoms with Crippen molar-refractivity contribution >= 4 is 40.9 Å². The Hall–Kier alpha value is -3.51. The Bertz CT molecular complexity index is 1580. The van der Waals surface area contributed by atoms with Crippen LogP contribution in [0.1, 0.15) is 15.9 Å². The third kappa shape index (κ3) is 5.59. The molecule has 7 heteroatoms. The first-order valence-electron chi connectivity index (χ1n) is 11.5. The Labute approximate surface area is 229 Å². The summed E-state index contributed by atoms with van der Waals surface area (Å²) in [6.45, 7) is 0.519. The van der Waals surface area contributed by atoms with Gasteiger partial charge in [-0.1, -0.05) is 71.7 Å². The van der Waals surface area contributed by atoms with E-state index in [2.05, 4.69) is 59.4 Å². The molecule has 0 aliphatic rings. The van der Waals surface area contributed by atoms with Crippen LogP contribution in [0.4, 0.5) is 0 Å². The number of nitrogens with zero attached hydrogens (tertiary/aromatic N) is 2. The first-order chi connectivity index (χ1) is 17.9. The standard InChI is InChI=1S/C30H22Cl2N2O2S/c1-37-25-4-2-3-23(15-25)20-9-11-21(12-10-20)29-33-28(26-14-13-24(31)16-27(26)32)18-34(29)17-19-5-7-22(8-6-19)30(35)36/h2-16,18H,17H2,1H3,(H,35,36). The van der Waals surface area contributed by atoms with E-state index < -0.39 is 5.97 Å². The third-order valence-electron chi connectivity index (χ3n) is 6.08. The van der Waals surface area contributed by atoms with Gasteiger partial charge in [-0.3, -0.25) is 0 Å². The monoisotopic (exact) mass is 544 g/mol. The number of aromatic carboxylic acids is 1. The number of thioether (sulfide) groups is 1. The highest BCUT2D eigenvalue weighted by Crippen LogP contribution is 2.33. The minimum Gasteiger partial charge on any atom is -0.478 e. The van der Waals surface area contributed by atoms with Crippen LogP contribution in [0.2, 0.25) is 10.0 Å². The van der Waals surface area contributed by atoms with Crippen LogP contribution in [0, 0.1) is 0 Å². The molecule has 5 rings (SSSR count). The lowest BCUT2D eigenvalue weighted by molar-refractivity contribution is 0.0697. The van der Waals surface area contributed by atoms with Crippen LogP contribution < -0.4 is 0 Å². The molecule has 0 aliphatic heterocycles. The summed E-state index contributed by atoms with van der Waals surface area (Å²) in [6.07, 6.45) is 4.03. The molecule has 0 saturated heterocycles. The lowest BCUT2D eigenvalue weighted by atomic mass is 10.0. The SMILES string of the molecule is CSc1cccc(-c2ccc(-c3nc(-c4ccc(Cl)cc4Cl)cn3Cc3ccc(C(=O)O)cc3)cc2)c1. The summed E-state index contributed by atoms with van der Waals surface area (Å²) in [4.78, 5) is 17.4. The van der Waals surface area contributed by atoms with E-state index in [1.165, 1.54) is 4.90 Å². The predicted molar refractivity (Wildman–Crippen MR) is 153 cm³/mol. The highest BCUT2D eigenvalue weighted by atomic mass is 35.5. The summed E-state index contributed by atoms with van der Waals surface area (Å²) in [5.74, 6) is -0.162. The van der Waals surface area contributed by atoms with Crippen molar-refractivity contribution in [1.29, 1.82) is 0 Å². The van der Waals surface area contributed by atoms with Crippen molar-refractivity contribution in [1.82, 2.24) is 9.55 Å². The van der Waals surface area contributed by atoms with Crippen LogP contribution in [0.5, 0.6) is 0 Å². The van der Waals surface area contributed by atoms with Crippen LogP contribution in [0.15, 0.2) is 102 Å². The van der Waals surface area contributed by atoms with Gasteiger partial charge in [0.1, 0.15) is 5.82 Å². The van der Waals surface area contributed by atoms with Gasteiger partial charge in [0.15, 0.2) is 0 Å². The number of imidazole rings is 1. The molecule has 4 nitrogen and oxygen atoms in total. The molecule has 1 heterocycles. The molecule has 0 aliphatic carbocycles. The molecule has 0 radical (unpaired) electrons. The van der Waals surface area contributed by atoms with E-state index in [-0.39, 0.29) is 5.56 Å². The van der Waals surface area contributed by atoms with Crippen LogP contribution in [-0.4, -0.2) is 26.9 Å². The van der Waals surface area contributed by atoms with E-state index >= 15 is 0 Å². The summed E-state index contributed by atoms with van der Waals surface area (Å²) in [5.41, 5.74) is 5.99. The number of aromatic nitrogens is 2. The maximum atomic E-state index is 11.3. The fourth-order valence-corrected chi connectivity index (χ4v) is 5.12. The number of halogens is 2. The molecule has 0 saturated carbocycles. The zero-order valence-corrected chi connectivity index (χ0v) is 22.2. The van der Waals surface area contributed by atoms with E-state index in [0.717, 1.165) is 39.3 Å². The largest absolute Gasteiger partial charge is 0.478 e. The summed E-state index contributed by atoms with van der Waals surface area (Å²) in [5, 5.41) is 10.3. The van der Waals surface area contributed by atoms with Crippen molar-refractivity contribution in [3.05, 3.63) is 118 Å². The molecular formula is C30H22Cl2N2O2S. The highest BCUT2D eigenvalue weighted by molar-refractivity contribution is 7.98. The molecule has 4 aromatic carbocycles. The first kappa shape index (κ1) is 25.2. The van der Waals surface area contributed by atoms with Crippen molar-refractivity contribution in [3.8, 4) is 33.8 Å². The van der Waals surface area contributed by atoms with E-state index in [1.54, 1.807) is 36.0 Å². The second-order valence-corrected chi connectivity index (χ2v) is 10.2. The van der Waals surface area contributed by atoms with Gasteiger partial charge in [0.05, 0.1) is 16.3 Å².